The van der Waals surface area contributed by atoms with E-state index in [4.69, 9.17) is 15.2 Å². The van der Waals surface area contributed by atoms with E-state index in [9.17, 15) is 9.59 Å². The number of carbonyl (C=O) groups is 2. The number of rotatable bonds is 6. The summed E-state index contributed by atoms with van der Waals surface area (Å²) in [4.78, 5) is 23.8. The van der Waals surface area contributed by atoms with Crippen LogP contribution in [0.25, 0.3) is 0 Å². The summed E-state index contributed by atoms with van der Waals surface area (Å²) in [5.74, 6) is -0.811. The van der Waals surface area contributed by atoms with Gasteiger partial charge in [-0.3, -0.25) is 4.79 Å². The van der Waals surface area contributed by atoms with Gasteiger partial charge in [0.1, 0.15) is 13.2 Å². The molecule has 1 aromatic carbocycles. The van der Waals surface area contributed by atoms with Crippen molar-refractivity contribution in [3.8, 4) is 0 Å². The van der Waals surface area contributed by atoms with Gasteiger partial charge in [0, 0.05) is 7.14 Å². The van der Waals surface area contributed by atoms with E-state index in [1.165, 1.54) is 0 Å². The highest BCUT2D eigenvalue weighted by Gasteiger charge is 2.27. The topological polar surface area (TPSA) is 78.6 Å². The zero-order valence-electron chi connectivity index (χ0n) is 12.7. The van der Waals surface area contributed by atoms with E-state index >= 15 is 0 Å². The summed E-state index contributed by atoms with van der Waals surface area (Å²) in [6.45, 7) is 5.59. The van der Waals surface area contributed by atoms with E-state index < -0.39 is 11.4 Å². The molecule has 0 amide bonds. The molecule has 0 saturated heterocycles. The lowest BCUT2D eigenvalue weighted by atomic mass is 9.91. The number of hydrogen-bond acceptors (Lipinski definition) is 5. The highest BCUT2D eigenvalue weighted by molar-refractivity contribution is 14.1. The van der Waals surface area contributed by atoms with Crippen LogP contribution in [0.15, 0.2) is 12.1 Å². The second kappa shape index (κ2) is 8.32. The number of halogens is 2. The van der Waals surface area contributed by atoms with E-state index in [-0.39, 0.29) is 19.2 Å². The summed E-state index contributed by atoms with van der Waals surface area (Å²) in [5, 5.41) is 0. The molecular weight excluding hydrogens is 512 g/mol. The van der Waals surface area contributed by atoms with Gasteiger partial charge < -0.3 is 15.2 Å². The second-order valence-corrected chi connectivity index (χ2v) is 7.77. The third-order valence-corrected chi connectivity index (χ3v) is 4.82. The molecule has 0 aliphatic carbocycles. The van der Waals surface area contributed by atoms with Crippen molar-refractivity contribution < 1.29 is 19.1 Å². The highest BCUT2D eigenvalue weighted by atomic mass is 127. The summed E-state index contributed by atoms with van der Waals surface area (Å²) in [6.07, 6.45) is 0.684. The first-order chi connectivity index (χ1) is 10.2. The number of carbonyl (C=O) groups excluding carboxylic acids is 2. The molecule has 5 nitrogen and oxygen atoms in total. The number of benzene rings is 1. The van der Waals surface area contributed by atoms with Crippen LogP contribution in [0.1, 0.15) is 37.6 Å². The van der Waals surface area contributed by atoms with Crippen LogP contribution >= 0.6 is 45.2 Å². The maximum atomic E-state index is 12.0. The fourth-order valence-corrected chi connectivity index (χ4v) is 3.28. The van der Waals surface area contributed by atoms with Crippen LogP contribution in [-0.2, 0) is 14.3 Å². The van der Waals surface area contributed by atoms with Gasteiger partial charge in [0.2, 0.25) is 0 Å². The molecule has 0 aromatic heterocycles. The Morgan fingerprint density at radius 2 is 1.77 bits per heavy atom. The van der Waals surface area contributed by atoms with Crippen molar-refractivity contribution in [2.75, 3.05) is 18.9 Å². The number of anilines is 1. The number of hydrogen-bond donors (Lipinski definition) is 1. The molecule has 1 aromatic rings. The fourth-order valence-electron chi connectivity index (χ4n) is 1.44. The number of nitrogen functional groups attached to an aromatic ring is 1. The molecule has 0 saturated carbocycles. The SMILES string of the molecule is CCC(C)(C)C(=O)OCCOC(=O)c1cc(I)cc(I)c1N. The first kappa shape index (κ1) is 19.5. The molecule has 0 unspecified atom stereocenters. The molecule has 0 spiro atoms. The third kappa shape index (κ3) is 5.25. The number of ether oxygens (including phenoxy) is 2. The zero-order valence-corrected chi connectivity index (χ0v) is 17.1. The predicted molar refractivity (Wildman–Crippen MR) is 102 cm³/mol. The first-order valence-electron chi connectivity index (χ1n) is 6.78. The lowest BCUT2D eigenvalue weighted by Crippen LogP contribution is -2.27. The minimum Gasteiger partial charge on any atom is -0.462 e. The maximum absolute atomic E-state index is 12.0. The van der Waals surface area contributed by atoms with Gasteiger partial charge in [-0.25, -0.2) is 4.79 Å². The van der Waals surface area contributed by atoms with Gasteiger partial charge in [0.25, 0.3) is 0 Å². The quantitative estimate of drug-likeness (QED) is 0.263. The molecule has 0 fully saturated rings. The molecule has 1 rings (SSSR count). The Morgan fingerprint density at radius 3 is 2.36 bits per heavy atom. The summed E-state index contributed by atoms with van der Waals surface area (Å²) in [5.41, 5.74) is 6.08. The average Bonchev–Trinajstić information content (AvgIpc) is 2.46. The average molecular weight is 531 g/mol. The van der Waals surface area contributed by atoms with Crippen LogP contribution in [-0.4, -0.2) is 25.2 Å². The van der Waals surface area contributed by atoms with E-state index in [1.54, 1.807) is 6.07 Å². The van der Waals surface area contributed by atoms with Gasteiger partial charge in [-0.05, 0) is 77.6 Å². The molecule has 0 aliphatic heterocycles. The monoisotopic (exact) mass is 531 g/mol. The lowest BCUT2D eigenvalue weighted by Gasteiger charge is -2.20. The van der Waals surface area contributed by atoms with E-state index in [0.717, 1.165) is 7.14 Å². The first-order valence-corrected chi connectivity index (χ1v) is 8.93. The Bertz CT molecular complexity index is 573. The number of esters is 2. The standard InChI is InChI=1S/C15H19I2NO4/c1-4-15(2,3)14(20)22-6-5-21-13(19)10-7-9(16)8-11(17)12(10)18/h7-8H,4-6,18H2,1-3H3. The van der Waals surface area contributed by atoms with Gasteiger partial charge in [0.15, 0.2) is 0 Å². The van der Waals surface area contributed by atoms with Crippen LogP contribution in [0.2, 0.25) is 0 Å². The Morgan fingerprint density at radius 1 is 1.18 bits per heavy atom. The summed E-state index contributed by atoms with van der Waals surface area (Å²) in [6, 6.07) is 3.55. The Balaban J connectivity index is 2.53. The predicted octanol–water partition coefficient (Wildman–Crippen LogP) is 3.61. The highest BCUT2D eigenvalue weighted by Crippen LogP contribution is 2.24. The smallest absolute Gasteiger partial charge is 0.340 e. The minimum absolute atomic E-state index is 0.00581. The largest absolute Gasteiger partial charge is 0.462 e. The molecule has 22 heavy (non-hydrogen) atoms. The van der Waals surface area contributed by atoms with Gasteiger partial charge in [-0.15, -0.1) is 0 Å². The van der Waals surface area contributed by atoms with Crippen LogP contribution < -0.4 is 5.73 Å². The van der Waals surface area contributed by atoms with E-state index in [1.807, 2.05) is 26.8 Å². The van der Waals surface area contributed by atoms with Gasteiger partial charge in [0.05, 0.1) is 16.7 Å². The van der Waals surface area contributed by atoms with E-state index in [0.29, 0.717) is 17.7 Å². The minimum atomic E-state index is -0.528. The fraction of sp³-hybridized carbons (Fsp3) is 0.467. The molecule has 7 heteroatoms. The second-order valence-electron chi connectivity index (χ2n) is 5.36. The van der Waals surface area contributed by atoms with Gasteiger partial charge >= 0.3 is 11.9 Å². The van der Waals surface area contributed by atoms with Gasteiger partial charge in [-0.2, -0.15) is 0 Å². The summed E-state index contributed by atoms with van der Waals surface area (Å²) < 4.78 is 11.9. The molecule has 0 radical (unpaired) electrons. The Kier molecular flexibility index (Phi) is 7.36. The summed E-state index contributed by atoms with van der Waals surface area (Å²) >= 11 is 4.18. The Labute approximate surface area is 157 Å². The van der Waals surface area contributed by atoms with E-state index in [2.05, 4.69) is 45.2 Å². The molecule has 0 aliphatic rings. The van der Waals surface area contributed by atoms with Crippen molar-refractivity contribution in [2.45, 2.75) is 27.2 Å². The molecule has 2 N–H and O–H groups in total. The normalized spacial score (nSPS) is 11.1. The van der Waals surface area contributed by atoms with Gasteiger partial charge in [-0.1, -0.05) is 6.92 Å². The Hall–Kier alpha value is -0.580. The maximum Gasteiger partial charge on any atom is 0.340 e. The third-order valence-electron chi connectivity index (χ3n) is 3.30. The van der Waals surface area contributed by atoms with Crippen LogP contribution in [0.3, 0.4) is 0 Å². The molecular formula is C15H19I2NO4. The van der Waals surface area contributed by atoms with Crippen molar-refractivity contribution in [1.82, 2.24) is 0 Å². The zero-order chi connectivity index (χ0) is 16.9. The molecule has 0 heterocycles. The van der Waals surface area contributed by atoms with Crippen molar-refractivity contribution >= 4 is 62.8 Å². The molecule has 0 atom stereocenters. The van der Waals surface area contributed by atoms with Crippen molar-refractivity contribution in [3.05, 3.63) is 24.8 Å². The van der Waals surface area contributed by atoms with Crippen LogP contribution in [0.4, 0.5) is 5.69 Å². The molecule has 122 valence electrons. The van der Waals surface area contributed by atoms with Crippen LogP contribution in [0, 0.1) is 12.6 Å². The lowest BCUT2D eigenvalue weighted by molar-refractivity contribution is -0.155. The molecule has 0 bridgehead atoms. The van der Waals surface area contributed by atoms with Crippen molar-refractivity contribution in [3.63, 3.8) is 0 Å². The summed E-state index contributed by atoms with van der Waals surface area (Å²) in [7, 11) is 0. The van der Waals surface area contributed by atoms with Crippen molar-refractivity contribution in [1.29, 1.82) is 0 Å². The van der Waals surface area contributed by atoms with Crippen molar-refractivity contribution in [2.24, 2.45) is 5.41 Å². The van der Waals surface area contributed by atoms with Crippen LogP contribution in [0.5, 0.6) is 0 Å². The number of nitrogens with two attached hydrogens (primary N) is 1.